The molecule has 0 amide bonds. The van der Waals surface area contributed by atoms with Gasteiger partial charge < -0.3 is 9.72 Å². The minimum atomic E-state index is -4.39. The van der Waals surface area contributed by atoms with E-state index >= 15 is 0 Å². The van der Waals surface area contributed by atoms with Gasteiger partial charge in [-0.05, 0) is 13.8 Å². The van der Waals surface area contributed by atoms with Gasteiger partial charge in [0.05, 0.1) is 18.6 Å². The maximum Gasteiger partial charge on any atom is 0.435 e. The fourth-order valence-corrected chi connectivity index (χ4v) is 1.57. The van der Waals surface area contributed by atoms with Crippen molar-refractivity contribution in [3.05, 3.63) is 17.2 Å². The number of halogens is 3. The maximum atomic E-state index is 12.5. The number of alkyl halides is 3. The summed E-state index contributed by atoms with van der Waals surface area (Å²) in [6.45, 7) is 4.03. The lowest BCUT2D eigenvalue weighted by atomic mass is 9.88. The highest BCUT2D eigenvalue weighted by Gasteiger charge is 2.42. The van der Waals surface area contributed by atoms with E-state index in [2.05, 4.69) is 9.97 Å². The minimum Gasteiger partial charge on any atom is -0.379 e. The van der Waals surface area contributed by atoms with E-state index in [9.17, 15) is 13.2 Å². The predicted molar refractivity (Wildman–Crippen MR) is 46.5 cm³/mol. The quantitative estimate of drug-likeness (QED) is 0.786. The SMILES string of the molecule is Cc1[nH]c(C2(C)COC2)nc1C(F)(F)F. The molecule has 6 heteroatoms. The molecule has 84 valence electrons. The van der Waals surface area contributed by atoms with Gasteiger partial charge in [-0.15, -0.1) is 0 Å². The number of aryl methyl sites for hydroxylation is 1. The van der Waals surface area contributed by atoms with E-state index in [1.54, 1.807) is 0 Å². The van der Waals surface area contributed by atoms with Crippen LogP contribution < -0.4 is 0 Å². The molecule has 0 aliphatic carbocycles. The van der Waals surface area contributed by atoms with Crippen LogP contribution in [0.15, 0.2) is 0 Å². The largest absolute Gasteiger partial charge is 0.435 e. The Kier molecular flexibility index (Phi) is 2.08. The molecule has 1 N–H and O–H groups in total. The van der Waals surface area contributed by atoms with Crippen LogP contribution in [-0.4, -0.2) is 23.2 Å². The van der Waals surface area contributed by atoms with Crippen LogP contribution in [0.2, 0.25) is 0 Å². The zero-order valence-corrected chi connectivity index (χ0v) is 8.40. The minimum absolute atomic E-state index is 0.0608. The third-order valence-corrected chi connectivity index (χ3v) is 2.57. The lowest BCUT2D eigenvalue weighted by molar-refractivity contribution is -0.141. The van der Waals surface area contributed by atoms with E-state index in [0.29, 0.717) is 19.0 Å². The summed E-state index contributed by atoms with van der Waals surface area (Å²) in [5, 5.41) is 0. The van der Waals surface area contributed by atoms with Crippen LogP contribution in [0.1, 0.15) is 24.1 Å². The van der Waals surface area contributed by atoms with Crippen LogP contribution in [-0.2, 0) is 16.3 Å². The van der Waals surface area contributed by atoms with Crippen LogP contribution in [0.3, 0.4) is 0 Å². The normalized spacial score (nSPS) is 20.1. The van der Waals surface area contributed by atoms with Crippen LogP contribution in [0.4, 0.5) is 13.2 Å². The molecule has 1 aliphatic heterocycles. The van der Waals surface area contributed by atoms with Crippen LogP contribution >= 0.6 is 0 Å². The highest BCUT2D eigenvalue weighted by molar-refractivity contribution is 5.22. The molecule has 1 aliphatic rings. The summed E-state index contributed by atoms with van der Waals surface area (Å²) < 4.78 is 42.4. The molecule has 0 spiro atoms. The highest BCUT2D eigenvalue weighted by atomic mass is 19.4. The van der Waals surface area contributed by atoms with Crippen molar-refractivity contribution in [2.24, 2.45) is 0 Å². The zero-order valence-electron chi connectivity index (χ0n) is 8.40. The molecule has 1 fully saturated rings. The summed E-state index contributed by atoms with van der Waals surface area (Å²) in [7, 11) is 0. The Hall–Kier alpha value is -1.04. The summed E-state index contributed by atoms with van der Waals surface area (Å²) in [6, 6.07) is 0. The van der Waals surface area contributed by atoms with Crippen LogP contribution in [0, 0.1) is 6.92 Å². The van der Waals surface area contributed by atoms with Gasteiger partial charge in [-0.2, -0.15) is 13.2 Å². The molecule has 2 rings (SSSR count). The molecule has 15 heavy (non-hydrogen) atoms. The van der Waals surface area contributed by atoms with Crippen molar-refractivity contribution in [1.82, 2.24) is 9.97 Å². The van der Waals surface area contributed by atoms with Gasteiger partial charge in [0.2, 0.25) is 0 Å². The molecular formula is C9H11F3N2O. The Morgan fingerprint density at radius 1 is 1.40 bits per heavy atom. The van der Waals surface area contributed by atoms with Crippen molar-refractivity contribution in [3.63, 3.8) is 0 Å². The Morgan fingerprint density at radius 3 is 2.33 bits per heavy atom. The third-order valence-electron chi connectivity index (χ3n) is 2.57. The smallest absolute Gasteiger partial charge is 0.379 e. The second kappa shape index (κ2) is 2.98. The van der Waals surface area contributed by atoms with E-state index in [4.69, 9.17) is 4.74 Å². The summed E-state index contributed by atoms with van der Waals surface area (Å²) in [5.41, 5.74) is -1.16. The van der Waals surface area contributed by atoms with Crippen molar-refractivity contribution in [2.75, 3.05) is 13.2 Å². The van der Waals surface area contributed by atoms with E-state index < -0.39 is 17.3 Å². The zero-order chi connectivity index (χ0) is 11.3. The first-order valence-corrected chi connectivity index (χ1v) is 4.55. The van der Waals surface area contributed by atoms with E-state index in [1.165, 1.54) is 6.92 Å². The van der Waals surface area contributed by atoms with Crippen molar-refractivity contribution in [3.8, 4) is 0 Å². The molecule has 1 aromatic heterocycles. The number of ether oxygens (including phenoxy) is 1. The molecule has 0 saturated carbocycles. The summed E-state index contributed by atoms with van der Waals surface area (Å²) in [4.78, 5) is 6.30. The van der Waals surface area contributed by atoms with E-state index in [0.717, 1.165) is 0 Å². The van der Waals surface area contributed by atoms with Crippen molar-refractivity contribution < 1.29 is 17.9 Å². The van der Waals surface area contributed by atoms with Crippen LogP contribution in [0.25, 0.3) is 0 Å². The fourth-order valence-electron chi connectivity index (χ4n) is 1.57. The number of nitrogens with zero attached hydrogens (tertiary/aromatic N) is 1. The molecular weight excluding hydrogens is 209 g/mol. The molecule has 0 aromatic carbocycles. The monoisotopic (exact) mass is 220 g/mol. The molecule has 0 unspecified atom stereocenters. The van der Waals surface area contributed by atoms with Crippen molar-refractivity contribution >= 4 is 0 Å². The van der Waals surface area contributed by atoms with Gasteiger partial charge >= 0.3 is 6.18 Å². The number of imidazole rings is 1. The van der Waals surface area contributed by atoms with Gasteiger partial charge in [-0.1, -0.05) is 0 Å². The number of H-pyrrole nitrogens is 1. The van der Waals surface area contributed by atoms with Gasteiger partial charge in [0, 0.05) is 5.69 Å². The lowest BCUT2D eigenvalue weighted by Gasteiger charge is -2.36. The molecule has 0 atom stereocenters. The second-order valence-electron chi connectivity index (χ2n) is 4.11. The topological polar surface area (TPSA) is 37.9 Å². The first kappa shape index (κ1) is 10.5. The number of nitrogens with one attached hydrogen (secondary N) is 1. The maximum absolute atomic E-state index is 12.5. The number of aromatic amines is 1. The first-order valence-electron chi connectivity index (χ1n) is 4.55. The van der Waals surface area contributed by atoms with Gasteiger partial charge in [-0.3, -0.25) is 0 Å². The van der Waals surface area contributed by atoms with Crippen molar-refractivity contribution in [1.29, 1.82) is 0 Å². The van der Waals surface area contributed by atoms with Gasteiger partial charge in [0.15, 0.2) is 5.69 Å². The van der Waals surface area contributed by atoms with Crippen LogP contribution in [0.5, 0.6) is 0 Å². The Morgan fingerprint density at radius 2 is 2.00 bits per heavy atom. The molecule has 1 saturated heterocycles. The molecule has 0 radical (unpaired) electrons. The van der Waals surface area contributed by atoms with Crippen molar-refractivity contribution in [2.45, 2.75) is 25.4 Å². The van der Waals surface area contributed by atoms with Gasteiger partial charge in [0.25, 0.3) is 0 Å². The standard InChI is InChI=1S/C9H11F3N2O/c1-5-6(9(10,11)12)14-7(13-5)8(2)3-15-4-8/h3-4H2,1-2H3,(H,13,14). The number of hydrogen-bond donors (Lipinski definition) is 1. The van der Waals surface area contributed by atoms with E-state index in [-0.39, 0.29) is 5.69 Å². The molecule has 0 bridgehead atoms. The number of rotatable bonds is 1. The molecule has 2 heterocycles. The average Bonchev–Trinajstić information content (AvgIpc) is 2.42. The number of hydrogen-bond acceptors (Lipinski definition) is 2. The number of aromatic nitrogens is 2. The summed E-state index contributed by atoms with van der Waals surface area (Å²) in [6.07, 6.45) is -4.39. The summed E-state index contributed by atoms with van der Waals surface area (Å²) >= 11 is 0. The first-order chi connectivity index (χ1) is 6.83. The molecule has 1 aromatic rings. The lowest BCUT2D eigenvalue weighted by Crippen LogP contribution is -2.44. The fraction of sp³-hybridized carbons (Fsp3) is 0.667. The van der Waals surface area contributed by atoms with Gasteiger partial charge in [0.1, 0.15) is 5.82 Å². The van der Waals surface area contributed by atoms with E-state index in [1.807, 2.05) is 6.92 Å². The third kappa shape index (κ3) is 1.62. The summed E-state index contributed by atoms with van der Waals surface area (Å²) in [5.74, 6) is 0.360. The Balaban J connectivity index is 2.37. The highest BCUT2D eigenvalue weighted by Crippen LogP contribution is 2.35. The Labute approximate surface area is 84.7 Å². The van der Waals surface area contributed by atoms with Gasteiger partial charge in [-0.25, -0.2) is 4.98 Å². The Bertz CT molecular complexity index is 379. The average molecular weight is 220 g/mol. The predicted octanol–water partition coefficient (Wildman–Crippen LogP) is 2.02. The second-order valence-corrected chi connectivity index (χ2v) is 4.11. The molecule has 3 nitrogen and oxygen atoms in total.